The van der Waals surface area contributed by atoms with E-state index < -0.39 is 35.3 Å². The van der Waals surface area contributed by atoms with Crippen molar-refractivity contribution in [2.45, 2.75) is 25.5 Å². The van der Waals surface area contributed by atoms with Gasteiger partial charge in [0.05, 0.1) is 11.8 Å². The molecule has 0 radical (unpaired) electrons. The number of carbonyl (C=O) groups is 3. The molecule has 0 spiro atoms. The van der Waals surface area contributed by atoms with Gasteiger partial charge in [-0.15, -0.1) is 0 Å². The number of benzene rings is 2. The topological polar surface area (TPSA) is 130 Å². The Bertz CT molecular complexity index is 1430. The normalized spacial score (nSPS) is 16.7. The number of amides is 3. The molecule has 198 valence electrons. The van der Waals surface area contributed by atoms with E-state index in [0.29, 0.717) is 16.3 Å². The van der Waals surface area contributed by atoms with Gasteiger partial charge >= 0.3 is 12.0 Å². The minimum Gasteiger partial charge on any atom is -0.421 e. The molecule has 12 heteroatoms. The quantitative estimate of drug-likeness (QED) is 0.403. The van der Waals surface area contributed by atoms with Crippen LogP contribution in [0.5, 0.6) is 5.75 Å². The molecule has 0 bridgehead atoms. The van der Waals surface area contributed by atoms with Crippen LogP contribution >= 0.6 is 11.6 Å². The van der Waals surface area contributed by atoms with E-state index in [1.165, 1.54) is 43.2 Å². The van der Waals surface area contributed by atoms with E-state index in [2.05, 4.69) is 15.6 Å². The summed E-state index contributed by atoms with van der Waals surface area (Å²) < 4.78 is 25.1. The summed E-state index contributed by atoms with van der Waals surface area (Å²) in [5.41, 5.74) is 0.362. The number of methoxy groups -OCH3 is 1. The van der Waals surface area contributed by atoms with Gasteiger partial charge in [0.1, 0.15) is 11.9 Å². The highest BCUT2D eigenvalue weighted by Gasteiger charge is 2.40. The van der Waals surface area contributed by atoms with Crippen LogP contribution in [0.25, 0.3) is 11.3 Å². The van der Waals surface area contributed by atoms with Crippen LogP contribution in [0.15, 0.2) is 59.4 Å². The van der Waals surface area contributed by atoms with Crippen LogP contribution in [0.1, 0.15) is 13.3 Å². The third-order valence-corrected chi connectivity index (χ3v) is 6.17. The molecule has 38 heavy (non-hydrogen) atoms. The zero-order valence-corrected chi connectivity index (χ0v) is 21.2. The maximum atomic E-state index is 14.9. The Kier molecular flexibility index (Phi) is 8.08. The van der Waals surface area contributed by atoms with Crippen molar-refractivity contribution in [3.05, 3.63) is 75.8 Å². The number of carbonyl (C=O) groups excluding carboxylic acids is 3. The van der Waals surface area contributed by atoms with Crippen molar-refractivity contribution in [3.8, 4) is 17.0 Å². The number of hydrogen-bond donors (Lipinski definition) is 3. The SMILES string of the molecule is COC1CC(C(=O)Nc2ccc(-c3ccc(OC(C)=O)c(=O)[nH]3)cc2F)N(C(=O)Nc2ccc(Cl)cc2)C1. The minimum absolute atomic E-state index is 0.100. The Morgan fingerprint density at radius 3 is 2.45 bits per heavy atom. The first-order valence-electron chi connectivity index (χ1n) is 11.5. The van der Waals surface area contributed by atoms with Crippen LogP contribution in [-0.2, 0) is 14.3 Å². The van der Waals surface area contributed by atoms with E-state index in [9.17, 15) is 23.6 Å². The number of nitrogens with one attached hydrogen (secondary N) is 3. The van der Waals surface area contributed by atoms with Crippen molar-refractivity contribution in [2.24, 2.45) is 0 Å². The molecule has 3 aromatic rings. The number of pyridine rings is 1. The smallest absolute Gasteiger partial charge is 0.322 e. The van der Waals surface area contributed by atoms with E-state index in [0.717, 1.165) is 6.07 Å². The summed E-state index contributed by atoms with van der Waals surface area (Å²) in [6, 6.07) is 11.9. The summed E-state index contributed by atoms with van der Waals surface area (Å²) in [6.45, 7) is 1.34. The van der Waals surface area contributed by atoms with Crippen LogP contribution in [0.4, 0.5) is 20.6 Å². The molecule has 1 aliphatic heterocycles. The summed E-state index contributed by atoms with van der Waals surface area (Å²) in [6.07, 6.45) is -0.146. The van der Waals surface area contributed by atoms with Crippen molar-refractivity contribution in [3.63, 3.8) is 0 Å². The van der Waals surface area contributed by atoms with Gasteiger partial charge in [-0.3, -0.25) is 14.4 Å². The third-order valence-electron chi connectivity index (χ3n) is 5.92. The number of rotatable bonds is 6. The first kappa shape index (κ1) is 26.8. The van der Waals surface area contributed by atoms with E-state index in [4.69, 9.17) is 21.1 Å². The zero-order valence-electron chi connectivity index (χ0n) is 20.4. The predicted molar refractivity (Wildman–Crippen MR) is 139 cm³/mol. The van der Waals surface area contributed by atoms with Gasteiger partial charge in [0.2, 0.25) is 5.91 Å². The second-order valence-corrected chi connectivity index (χ2v) is 8.98. The first-order chi connectivity index (χ1) is 18.1. The van der Waals surface area contributed by atoms with E-state index in [-0.39, 0.29) is 36.2 Å². The van der Waals surface area contributed by atoms with Gasteiger partial charge in [-0.25, -0.2) is 9.18 Å². The molecular formula is C26H24ClFN4O6. The van der Waals surface area contributed by atoms with Crippen LogP contribution in [0.2, 0.25) is 5.02 Å². The fraction of sp³-hybridized carbons (Fsp3) is 0.231. The van der Waals surface area contributed by atoms with Gasteiger partial charge in [0.25, 0.3) is 5.56 Å². The molecule has 1 aliphatic rings. The number of ether oxygens (including phenoxy) is 2. The molecule has 2 heterocycles. The van der Waals surface area contributed by atoms with Crippen LogP contribution < -0.4 is 20.9 Å². The van der Waals surface area contributed by atoms with Crippen molar-refractivity contribution >= 4 is 40.9 Å². The Labute approximate surface area is 221 Å². The maximum Gasteiger partial charge on any atom is 0.322 e. The molecule has 1 fully saturated rings. The van der Waals surface area contributed by atoms with E-state index in [1.807, 2.05) is 0 Å². The molecule has 3 amide bonds. The lowest BCUT2D eigenvalue weighted by atomic mass is 10.1. The number of H-pyrrole nitrogens is 1. The fourth-order valence-corrected chi connectivity index (χ4v) is 4.16. The number of halogens is 2. The number of hydrogen-bond acceptors (Lipinski definition) is 6. The average molecular weight is 543 g/mol. The lowest BCUT2D eigenvalue weighted by Gasteiger charge is -2.24. The summed E-state index contributed by atoms with van der Waals surface area (Å²) >= 11 is 5.89. The fourth-order valence-electron chi connectivity index (χ4n) is 4.03. The van der Waals surface area contributed by atoms with Gasteiger partial charge in [-0.2, -0.15) is 0 Å². The number of urea groups is 1. The number of aromatic amines is 1. The standard InChI is InChI=1S/C26H24ClFN4O6/c1-14(33)38-23-10-9-20(30-25(23)35)15-3-8-21(19(28)11-15)31-24(34)22-12-18(37-2)13-32(22)26(36)29-17-6-4-16(27)5-7-17/h3-11,18,22H,12-13H2,1-2H3,(H,29,36)(H,30,35)(H,31,34). The Morgan fingerprint density at radius 1 is 1.08 bits per heavy atom. The molecule has 3 N–H and O–H groups in total. The van der Waals surface area contributed by atoms with Gasteiger partial charge in [-0.1, -0.05) is 17.7 Å². The first-order valence-corrected chi connectivity index (χ1v) is 11.9. The van der Waals surface area contributed by atoms with Gasteiger partial charge in [0, 0.05) is 49.0 Å². The van der Waals surface area contributed by atoms with Crippen molar-refractivity contribution in [1.82, 2.24) is 9.88 Å². The summed E-state index contributed by atoms with van der Waals surface area (Å²) in [5, 5.41) is 5.77. The maximum absolute atomic E-state index is 14.9. The van der Waals surface area contributed by atoms with Crippen LogP contribution in [-0.4, -0.2) is 53.6 Å². The van der Waals surface area contributed by atoms with Crippen LogP contribution in [0, 0.1) is 5.82 Å². The van der Waals surface area contributed by atoms with E-state index in [1.54, 1.807) is 24.3 Å². The summed E-state index contributed by atoms with van der Waals surface area (Å²) in [4.78, 5) is 53.1. The lowest BCUT2D eigenvalue weighted by Crippen LogP contribution is -2.45. The number of esters is 1. The van der Waals surface area contributed by atoms with Crippen molar-refractivity contribution in [2.75, 3.05) is 24.3 Å². The summed E-state index contributed by atoms with van der Waals surface area (Å²) in [7, 11) is 1.49. The van der Waals surface area contributed by atoms with Crippen LogP contribution in [0.3, 0.4) is 0 Å². The molecule has 10 nitrogen and oxygen atoms in total. The van der Waals surface area contributed by atoms with E-state index >= 15 is 0 Å². The Hall–Kier alpha value is -4.22. The largest absolute Gasteiger partial charge is 0.421 e. The number of nitrogens with zero attached hydrogens (tertiary/aromatic N) is 1. The monoisotopic (exact) mass is 542 g/mol. The molecule has 1 aromatic heterocycles. The molecule has 4 rings (SSSR count). The molecule has 0 saturated carbocycles. The van der Waals surface area contributed by atoms with Gasteiger partial charge < -0.3 is 30.0 Å². The summed E-state index contributed by atoms with van der Waals surface area (Å²) in [5.74, 6) is -2.16. The minimum atomic E-state index is -0.906. The Balaban J connectivity index is 1.48. The second-order valence-electron chi connectivity index (χ2n) is 8.54. The third kappa shape index (κ3) is 6.18. The molecule has 0 aliphatic carbocycles. The Morgan fingerprint density at radius 2 is 1.82 bits per heavy atom. The second kappa shape index (κ2) is 11.4. The predicted octanol–water partition coefficient (Wildman–Crippen LogP) is 4.02. The van der Waals surface area contributed by atoms with Crippen molar-refractivity contribution < 1.29 is 28.2 Å². The van der Waals surface area contributed by atoms with Gasteiger partial charge in [-0.05, 0) is 48.5 Å². The molecule has 2 atom stereocenters. The molecule has 2 unspecified atom stereocenters. The molecular weight excluding hydrogens is 519 g/mol. The molecule has 2 aromatic carbocycles. The zero-order chi connectivity index (χ0) is 27.4. The number of likely N-dealkylation sites (tertiary alicyclic amines) is 1. The molecule has 1 saturated heterocycles. The number of aromatic nitrogens is 1. The average Bonchev–Trinajstić information content (AvgIpc) is 3.33. The lowest BCUT2D eigenvalue weighted by molar-refractivity contribution is -0.132. The number of anilines is 2. The van der Waals surface area contributed by atoms with Crippen molar-refractivity contribution in [1.29, 1.82) is 0 Å². The highest BCUT2D eigenvalue weighted by molar-refractivity contribution is 6.30. The highest BCUT2D eigenvalue weighted by atomic mass is 35.5. The van der Waals surface area contributed by atoms with Gasteiger partial charge in [0.15, 0.2) is 5.75 Å². The highest BCUT2D eigenvalue weighted by Crippen LogP contribution is 2.26.